The van der Waals surface area contributed by atoms with Crippen LogP contribution in [0.4, 0.5) is 35.1 Å². The molecule has 1 saturated carbocycles. The first-order chi connectivity index (χ1) is 20.7. The molecule has 0 aromatic heterocycles. The fourth-order valence-electron chi connectivity index (χ4n) is 5.06. The first-order valence-corrected chi connectivity index (χ1v) is 16.4. The molecule has 0 N–H and O–H groups in total. The van der Waals surface area contributed by atoms with Crippen LogP contribution in [0.3, 0.4) is 0 Å². The quantitative estimate of drug-likeness (QED) is 0.147. The smallest absolute Gasteiger partial charge is 0.262 e. The fraction of sp³-hybridized carbons (Fsp3) is 0.200. The number of benzene rings is 4. The van der Waals surface area contributed by atoms with Crippen LogP contribution in [0.5, 0.6) is 0 Å². The van der Waals surface area contributed by atoms with Gasteiger partial charge in [0, 0.05) is 45.5 Å². The van der Waals surface area contributed by atoms with Gasteiger partial charge in [-0.1, -0.05) is 12.8 Å². The summed E-state index contributed by atoms with van der Waals surface area (Å²) in [6.45, 7) is 0. The molecule has 4 aromatic rings. The highest BCUT2D eigenvalue weighted by Crippen LogP contribution is 2.53. The summed E-state index contributed by atoms with van der Waals surface area (Å²) >= 11 is 0. The van der Waals surface area contributed by atoms with E-state index >= 15 is 0 Å². The van der Waals surface area contributed by atoms with E-state index in [1.54, 1.807) is 0 Å². The van der Waals surface area contributed by atoms with E-state index in [9.17, 15) is 44.3 Å². The van der Waals surface area contributed by atoms with E-state index in [1.165, 1.54) is 0 Å². The zero-order valence-electron chi connectivity index (χ0n) is 22.5. The Balaban J connectivity index is 1.62. The molecule has 5 rings (SSSR count). The molecule has 0 aliphatic heterocycles. The molecular weight excluding hydrogens is 638 g/mol. The topological polar surface area (TPSA) is 52.6 Å². The standard InChI is InChI=1S/C30H22F8O4P2/c31-17-5-18(32)10-25(9-17)43(39,26-11-19(33)6-20(34)12-26)41-29-3-1-2-4-30(29)42-44(40,27-13-21(35)7-22(36)14-27)28-15-23(37)8-24(38)16-28/h5-16,29-30H,1-4H2/t29-,30-/m0/s1. The molecule has 1 aliphatic carbocycles. The summed E-state index contributed by atoms with van der Waals surface area (Å²) < 4.78 is 155. The van der Waals surface area contributed by atoms with E-state index in [0.29, 0.717) is 85.6 Å². The maximum Gasteiger partial charge on any atom is 0.262 e. The predicted molar refractivity (Wildman–Crippen MR) is 147 cm³/mol. The van der Waals surface area contributed by atoms with E-state index in [0.717, 1.165) is 0 Å². The van der Waals surface area contributed by atoms with Crippen molar-refractivity contribution in [3.63, 3.8) is 0 Å². The van der Waals surface area contributed by atoms with Gasteiger partial charge in [0.25, 0.3) is 14.7 Å². The molecule has 232 valence electrons. The highest BCUT2D eigenvalue weighted by atomic mass is 31.2. The Kier molecular flexibility index (Phi) is 9.19. The SMILES string of the molecule is O=P(O[C@H]1CCCC[C@@H]1OP(=O)(c1cc(F)cc(F)c1)c1cc(F)cc(F)c1)(c1cc(F)cc(F)c1)c1cc(F)cc(F)c1. The van der Waals surface area contributed by atoms with Crippen molar-refractivity contribution < 1.29 is 53.3 Å². The molecule has 44 heavy (non-hydrogen) atoms. The van der Waals surface area contributed by atoms with Crippen LogP contribution in [0.25, 0.3) is 0 Å². The first-order valence-electron chi connectivity index (χ1n) is 13.2. The monoisotopic (exact) mass is 660 g/mol. The lowest BCUT2D eigenvalue weighted by molar-refractivity contribution is 0.0314. The summed E-state index contributed by atoms with van der Waals surface area (Å²) in [5.74, 6) is -9.31. The Hall–Kier alpha value is -3.30. The summed E-state index contributed by atoms with van der Waals surface area (Å²) in [6, 6.07) is 7.28. The largest absolute Gasteiger partial charge is 0.316 e. The molecule has 0 saturated heterocycles. The lowest BCUT2D eigenvalue weighted by Gasteiger charge is -2.36. The fourth-order valence-corrected chi connectivity index (χ4v) is 9.74. The Morgan fingerprint density at radius 2 is 0.614 bits per heavy atom. The molecule has 0 heterocycles. The van der Waals surface area contributed by atoms with Crippen LogP contribution in [-0.4, -0.2) is 12.2 Å². The van der Waals surface area contributed by atoms with E-state index < -0.39 is 94.7 Å². The van der Waals surface area contributed by atoms with Crippen LogP contribution in [0.15, 0.2) is 72.8 Å². The zero-order chi connectivity index (χ0) is 31.8. The number of hydrogen-bond acceptors (Lipinski definition) is 4. The van der Waals surface area contributed by atoms with Gasteiger partial charge < -0.3 is 9.05 Å². The van der Waals surface area contributed by atoms with Crippen LogP contribution < -0.4 is 21.2 Å². The molecule has 14 heteroatoms. The lowest BCUT2D eigenvalue weighted by Crippen LogP contribution is -2.38. The second kappa shape index (κ2) is 12.6. The lowest BCUT2D eigenvalue weighted by atomic mass is 9.95. The van der Waals surface area contributed by atoms with Gasteiger partial charge in [-0.05, 0) is 61.4 Å². The molecule has 2 atom stereocenters. The van der Waals surface area contributed by atoms with E-state index in [2.05, 4.69) is 0 Å². The van der Waals surface area contributed by atoms with Crippen molar-refractivity contribution in [2.75, 3.05) is 0 Å². The Labute approximate surface area is 246 Å². The Bertz CT molecular complexity index is 1500. The minimum atomic E-state index is -4.75. The second-order valence-electron chi connectivity index (χ2n) is 10.2. The van der Waals surface area contributed by atoms with Crippen LogP contribution in [-0.2, 0) is 18.2 Å². The van der Waals surface area contributed by atoms with Crippen LogP contribution in [0.2, 0.25) is 0 Å². The first kappa shape index (κ1) is 32.1. The van der Waals surface area contributed by atoms with Crippen molar-refractivity contribution in [3.05, 3.63) is 119 Å². The third kappa shape index (κ3) is 6.84. The summed E-state index contributed by atoms with van der Waals surface area (Å²) in [5, 5.41) is -2.36. The third-order valence-corrected chi connectivity index (χ3v) is 11.8. The van der Waals surface area contributed by atoms with Gasteiger partial charge in [0.05, 0.1) is 12.2 Å². The molecule has 0 amide bonds. The Morgan fingerprint density at radius 3 is 0.818 bits per heavy atom. The van der Waals surface area contributed by atoms with Crippen LogP contribution >= 0.6 is 14.7 Å². The van der Waals surface area contributed by atoms with Crippen molar-refractivity contribution in [3.8, 4) is 0 Å². The van der Waals surface area contributed by atoms with Gasteiger partial charge in [-0.2, -0.15) is 0 Å². The highest BCUT2D eigenvalue weighted by Gasteiger charge is 2.42. The maximum absolute atomic E-state index is 14.5. The molecular formula is C30H22F8O4P2. The number of rotatable bonds is 8. The molecule has 0 spiro atoms. The summed E-state index contributed by atoms with van der Waals surface area (Å²) in [5.41, 5.74) is 0. The van der Waals surface area contributed by atoms with Gasteiger partial charge in [0.2, 0.25) is 0 Å². The third-order valence-electron chi connectivity index (χ3n) is 6.96. The minimum absolute atomic E-state index is 0.0132. The van der Waals surface area contributed by atoms with Crippen molar-refractivity contribution >= 4 is 36.0 Å². The molecule has 1 aliphatic rings. The summed E-state index contributed by atoms with van der Waals surface area (Å²) in [7, 11) is -9.50. The van der Waals surface area contributed by atoms with Gasteiger partial charge >= 0.3 is 0 Å². The molecule has 4 nitrogen and oxygen atoms in total. The van der Waals surface area contributed by atoms with Gasteiger partial charge in [0.15, 0.2) is 0 Å². The number of halogens is 8. The summed E-state index contributed by atoms with van der Waals surface area (Å²) in [6.07, 6.45) is -1.88. The number of hydrogen-bond donors (Lipinski definition) is 0. The van der Waals surface area contributed by atoms with Crippen molar-refractivity contribution in [1.82, 2.24) is 0 Å². The average molecular weight is 660 g/mol. The van der Waals surface area contributed by atoms with E-state index in [-0.39, 0.29) is 12.8 Å². The summed E-state index contributed by atoms with van der Waals surface area (Å²) in [4.78, 5) is 0. The molecule has 0 unspecified atom stereocenters. The maximum atomic E-state index is 14.5. The van der Waals surface area contributed by atoms with Crippen molar-refractivity contribution in [2.45, 2.75) is 37.9 Å². The van der Waals surface area contributed by atoms with E-state index in [4.69, 9.17) is 9.05 Å². The molecule has 0 radical (unpaired) electrons. The average Bonchev–Trinajstić information content (AvgIpc) is 2.92. The predicted octanol–water partition coefficient (Wildman–Crippen LogP) is 7.30. The Morgan fingerprint density at radius 1 is 0.409 bits per heavy atom. The van der Waals surface area contributed by atoms with Gasteiger partial charge in [-0.15, -0.1) is 0 Å². The molecule has 0 bridgehead atoms. The van der Waals surface area contributed by atoms with Crippen LogP contribution in [0.1, 0.15) is 25.7 Å². The highest BCUT2D eigenvalue weighted by molar-refractivity contribution is 7.74. The molecule has 4 aromatic carbocycles. The van der Waals surface area contributed by atoms with Gasteiger partial charge in [-0.3, -0.25) is 9.13 Å². The zero-order valence-corrected chi connectivity index (χ0v) is 24.3. The van der Waals surface area contributed by atoms with Gasteiger partial charge in [-0.25, -0.2) is 35.1 Å². The van der Waals surface area contributed by atoms with Crippen LogP contribution in [0, 0.1) is 46.5 Å². The second-order valence-corrected chi connectivity index (χ2v) is 14.9. The van der Waals surface area contributed by atoms with E-state index in [1.807, 2.05) is 0 Å². The van der Waals surface area contributed by atoms with Gasteiger partial charge in [0.1, 0.15) is 46.5 Å². The molecule has 1 fully saturated rings. The normalized spacial score (nSPS) is 17.5. The minimum Gasteiger partial charge on any atom is -0.316 e. The van der Waals surface area contributed by atoms with Crippen molar-refractivity contribution in [2.24, 2.45) is 0 Å². The van der Waals surface area contributed by atoms with Crippen molar-refractivity contribution in [1.29, 1.82) is 0 Å².